The maximum absolute atomic E-state index is 12.6. The van der Waals surface area contributed by atoms with E-state index >= 15 is 0 Å². The number of hydrogen-bond donors (Lipinski definition) is 1. The van der Waals surface area contributed by atoms with E-state index < -0.39 is 17.9 Å². The van der Waals surface area contributed by atoms with Crippen LogP contribution < -0.4 is 10.1 Å². The normalized spacial score (nSPS) is 27.8. The number of halogens is 3. The van der Waals surface area contributed by atoms with Crippen LogP contribution in [0.2, 0.25) is 0 Å². The summed E-state index contributed by atoms with van der Waals surface area (Å²) >= 11 is 0. The maximum atomic E-state index is 12.6. The summed E-state index contributed by atoms with van der Waals surface area (Å²) in [4.78, 5) is 11.4. The average molecular weight is 367 g/mol. The Morgan fingerprint density at radius 1 is 1.38 bits per heavy atom. The number of rotatable bonds is 3. The van der Waals surface area contributed by atoms with Crippen molar-refractivity contribution in [2.45, 2.75) is 63.1 Å². The molecule has 0 radical (unpaired) electrons. The van der Waals surface area contributed by atoms with Crippen LogP contribution in [0.4, 0.5) is 13.2 Å². The molecule has 1 aromatic rings. The average Bonchev–Trinajstić information content (AvgIpc) is 2.54. The van der Waals surface area contributed by atoms with Gasteiger partial charge in [-0.25, -0.2) is 4.79 Å². The van der Waals surface area contributed by atoms with Crippen LogP contribution in [0.3, 0.4) is 0 Å². The first-order valence-corrected chi connectivity index (χ1v) is 8.57. The smallest absolute Gasteiger partial charge is 0.490 e. The molecule has 0 amide bonds. The highest BCUT2D eigenvalue weighted by Gasteiger charge is 2.51. The second kappa shape index (κ2) is 7.20. The number of esters is 1. The lowest BCUT2D eigenvalue weighted by Gasteiger charge is -2.48. The SMILES string of the molecule is CC#Cc1cccc(OC2CC3CCCC(OC(=O)C(F)(F)F)(C2)N3)c1. The van der Waals surface area contributed by atoms with Crippen molar-refractivity contribution in [2.24, 2.45) is 0 Å². The molecule has 0 saturated carbocycles. The number of alkyl halides is 3. The fraction of sp³-hybridized carbons (Fsp3) is 0.526. The van der Waals surface area contributed by atoms with Gasteiger partial charge in [0.15, 0.2) is 5.72 Å². The van der Waals surface area contributed by atoms with Gasteiger partial charge in [-0.1, -0.05) is 12.0 Å². The molecule has 3 atom stereocenters. The minimum atomic E-state index is -5.01. The first-order valence-electron chi connectivity index (χ1n) is 8.57. The molecule has 26 heavy (non-hydrogen) atoms. The lowest BCUT2D eigenvalue weighted by atomic mass is 9.82. The first kappa shape index (κ1) is 18.6. The van der Waals surface area contributed by atoms with Crippen LogP contribution in [0.5, 0.6) is 5.75 Å². The maximum Gasteiger partial charge on any atom is 0.490 e. The number of piperidine rings is 2. The van der Waals surface area contributed by atoms with Crippen LogP contribution in [-0.2, 0) is 9.53 Å². The molecule has 2 aliphatic rings. The number of fused-ring (bicyclic) bond motifs is 2. The van der Waals surface area contributed by atoms with Crippen LogP contribution in [0.1, 0.15) is 44.6 Å². The number of hydrogen-bond acceptors (Lipinski definition) is 4. The summed E-state index contributed by atoms with van der Waals surface area (Å²) in [5, 5.41) is 3.07. The summed E-state index contributed by atoms with van der Waals surface area (Å²) in [5.74, 6) is 4.19. The summed E-state index contributed by atoms with van der Waals surface area (Å²) in [6.45, 7) is 1.74. The number of ether oxygens (including phenoxy) is 2. The number of benzene rings is 1. The Hall–Kier alpha value is -2.20. The summed E-state index contributed by atoms with van der Waals surface area (Å²) in [6, 6.07) is 7.21. The van der Waals surface area contributed by atoms with Crippen LogP contribution in [0.15, 0.2) is 24.3 Å². The standard InChI is InChI=1S/C19H20F3NO3/c1-2-5-13-6-3-8-15(10-13)25-16-11-14-7-4-9-18(12-16,23-14)26-17(24)19(20,21)22/h3,6,8,10,14,16,23H,4,7,9,11-12H2,1H3. The van der Waals surface area contributed by atoms with Gasteiger partial charge in [-0.15, -0.1) is 5.92 Å². The van der Waals surface area contributed by atoms with Gasteiger partial charge < -0.3 is 9.47 Å². The third-order valence-corrected chi connectivity index (χ3v) is 4.63. The minimum Gasteiger partial charge on any atom is -0.490 e. The van der Waals surface area contributed by atoms with E-state index in [1.807, 2.05) is 12.1 Å². The quantitative estimate of drug-likeness (QED) is 0.656. The molecule has 2 fully saturated rings. The molecule has 4 nitrogen and oxygen atoms in total. The fourth-order valence-corrected chi connectivity index (χ4v) is 3.69. The Bertz CT molecular complexity index is 738. The van der Waals surface area contributed by atoms with Gasteiger partial charge in [-0.05, 0) is 44.4 Å². The van der Waals surface area contributed by atoms with Crippen LogP contribution in [0.25, 0.3) is 0 Å². The molecule has 7 heteroatoms. The lowest BCUT2D eigenvalue weighted by molar-refractivity contribution is -0.226. The molecule has 0 spiro atoms. The Labute approximate surface area is 150 Å². The van der Waals surface area contributed by atoms with E-state index in [4.69, 9.17) is 9.47 Å². The Balaban J connectivity index is 1.74. The summed E-state index contributed by atoms with van der Waals surface area (Å²) in [6.07, 6.45) is -2.67. The Morgan fingerprint density at radius 2 is 2.19 bits per heavy atom. The van der Waals surface area contributed by atoms with Crippen molar-refractivity contribution in [2.75, 3.05) is 0 Å². The van der Waals surface area contributed by atoms with Gasteiger partial charge in [-0.3, -0.25) is 5.32 Å². The third kappa shape index (κ3) is 4.31. The van der Waals surface area contributed by atoms with Gasteiger partial charge in [0, 0.05) is 24.4 Å². The zero-order valence-electron chi connectivity index (χ0n) is 14.4. The van der Waals surface area contributed by atoms with Crippen LogP contribution in [0, 0.1) is 11.8 Å². The van der Waals surface area contributed by atoms with Crippen LogP contribution in [-0.4, -0.2) is 30.0 Å². The predicted molar refractivity (Wildman–Crippen MR) is 88.3 cm³/mol. The highest BCUT2D eigenvalue weighted by molar-refractivity contribution is 5.76. The number of nitrogens with one attached hydrogen (secondary N) is 1. The monoisotopic (exact) mass is 367 g/mol. The molecule has 2 aliphatic heterocycles. The molecule has 2 bridgehead atoms. The van der Waals surface area contributed by atoms with E-state index in [0.29, 0.717) is 25.0 Å². The molecule has 1 aromatic carbocycles. The number of carbonyl (C=O) groups excluding carboxylic acids is 1. The highest BCUT2D eigenvalue weighted by atomic mass is 19.4. The summed E-state index contributed by atoms with van der Waals surface area (Å²) in [5.41, 5.74) is -0.517. The van der Waals surface area contributed by atoms with Crippen molar-refractivity contribution in [1.82, 2.24) is 5.32 Å². The van der Waals surface area contributed by atoms with Crippen molar-refractivity contribution in [3.05, 3.63) is 29.8 Å². The van der Waals surface area contributed by atoms with Crippen molar-refractivity contribution in [3.8, 4) is 17.6 Å². The van der Waals surface area contributed by atoms with E-state index in [9.17, 15) is 18.0 Å². The molecule has 0 aromatic heterocycles. The molecular formula is C19H20F3NO3. The van der Waals surface area contributed by atoms with E-state index in [1.54, 1.807) is 19.1 Å². The highest BCUT2D eigenvalue weighted by Crippen LogP contribution is 2.38. The second-order valence-corrected chi connectivity index (χ2v) is 6.70. The van der Waals surface area contributed by atoms with E-state index in [-0.39, 0.29) is 18.6 Å². The summed E-state index contributed by atoms with van der Waals surface area (Å²) < 4.78 is 48.8. The van der Waals surface area contributed by atoms with Gasteiger partial charge in [0.25, 0.3) is 0 Å². The zero-order chi connectivity index (χ0) is 18.8. The van der Waals surface area contributed by atoms with Gasteiger partial charge in [0.1, 0.15) is 11.9 Å². The molecule has 2 saturated heterocycles. The molecule has 0 aliphatic carbocycles. The van der Waals surface area contributed by atoms with Crippen molar-refractivity contribution in [3.63, 3.8) is 0 Å². The van der Waals surface area contributed by atoms with Crippen molar-refractivity contribution in [1.29, 1.82) is 0 Å². The number of carbonyl (C=O) groups is 1. The second-order valence-electron chi connectivity index (χ2n) is 6.70. The molecule has 3 rings (SSSR count). The molecule has 3 unspecified atom stereocenters. The largest absolute Gasteiger partial charge is 0.490 e. The minimum absolute atomic E-state index is 0.0397. The van der Waals surface area contributed by atoms with Gasteiger partial charge in [-0.2, -0.15) is 13.2 Å². The van der Waals surface area contributed by atoms with E-state index in [2.05, 4.69) is 17.2 Å². The summed E-state index contributed by atoms with van der Waals surface area (Å²) in [7, 11) is 0. The predicted octanol–water partition coefficient (Wildman–Crippen LogP) is 3.54. The first-order chi connectivity index (χ1) is 12.3. The molecule has 140 valence electrons. The molecular weight excluding hydrogens is 347 g/mol. The van der Waals surface area contributed by atoms with Gasteiger partial charge in [0.05, 0.1) is 0 Å². The van der Waals surface area contributed by atoms with Gasteiger partial charge >= 0.3 is 12.1 Å². The van der Waals surface area contributed by atoms with E-state index in [1.165, 1.54) is 0 Å². The third-order valence-electron chi connectivity index (χ3n) is 4.63. The van der Waals surface area contributed by atoms with Crippen molar-refractivity contribution < 1.29 is 27.4 Å². The topological polar surface area (TPSA) is 47.6 Å². The van der Waals surface area contributed by atoms with Crippen LogP contribution >= 0.6 is 0 Å². The molecule has 2 heterocycles. The van der Waals surface area contributed by atoms with Crippen molar-refractivity contribution >= 4 is 5.97 Å². The Kier molecular flexibility index (Phi) is 5.15. The lowest BCUT2D eigenvalue weighted by Crippen LogP contribution is -2.63. The fourth-order valence-electron chi connectivity index (χ4n) is 3.69. The van der Waals surface area contributed by atoms with E-state index in [0.717, 1.165) is 12.0 Å². The zero-order valence-corrected chi connectivity index (χ0v) is 14.4. The van der Waals surface area contributed by atoms with Gasteiger partial charge in [0.2, 0.25) is 0 Å². The molecule has 1 N–H and O–H groups in total. The Morgan fingerprint density at radius 3 is 2.92 bits per heavy atom.